The summed E-state index contributed by atoms with van der Waals surface area (Å²) in [5.41, 5.74) is 3.83. The average Bonchev–Trinajstić information content (AvgIpc) is 2.75. The van der Waals surface area contributed by atoms with E-state index in [4.69, 9.17) is 4.42 Å². The fraction of sp³-hybridized carbons (Fsp3) is 0.286. The van der Waals surface area contributed by atoms with E-state index in [1.165, 1.54) is 16.7 Å². The predicted octanol–water partition coefficient (Wildman–Crippen LogP) is 4.63. The molecule has 1 heterocycles. The van der Waals surface area contributed by atoms with Crippen LogP contribution in [0.5, 0.6) is 0 Å². The molecule has 0 aliphatic carbocycles. The van der Waals surface area contributed by atoms with Gasteiger partial charge >= 0.3 is 0 Å². The first kappa shape index (κ1) is 11.5. The third-order valence-corrected chi connectivity index (χ3v) is 3.87. The van der Waals surface area contributed by atoms with Gasteiger partial charge in [0.1, 0.15) is 5.76 Å². The Morgan fingerprint density at radius 3 is 2.38 bits per heavy atom. The maximum absolute atomic E-state index is 5.32. The van der Waals surface area contributed by atoms with Crippen molar-refractivity contribution in [3.05, 3.63) is 59.0 Å². The Kier molecular flexibility index (Phi) is 3.49. The lowest BCUT2D eigenvalue weighted by Crippen LogP contribution is -1.93. The zero-order valence-electron chi connectivity index (χ0n) is 9.53. The summed E-state index contributed by atoms with van der Waals surface area (Å²) >= 11 is 3.71. The molecule has 0 fully saturated rings. The summed E-state index contributed by atoms with van der Waals surface area (Å²) < 4.78 is 5.32. The number of alkyl halides is 1. The van der Waals surface area contributed by atoms with E-state index in [1.54, 1.807) is 6.26 Å². The van der Waals surface area contributed by atoms with E-state index in [1.807, 2.05) is 13.0 Å². The highest BCUT2D eigenvalue weighted by Gasteiger charge is 2.14. The summed E-state index contributed by atoms with van der Waals surface area (Å²) in [7, 11) is 0. The molecule has 0 saturated heterocycles. The third-order valence-electron chi connectivity index (χ3n) is 2.85. The van der Waals surface area contributed by atoms with Gasteiger partial charge in [-0.25, -0.2) is 0 Å². The molecule has 1 nitrogen and oxygen atoms in total. The van der Waals surface area contributed by atoms with E-state index < -0.39 is 0 Å². The molecule has 1 unspecified atom stereocenters. The minimum atomic E-state index is 0.220. The minimum Gasteiger partial charge on any atom is -0.469 e. The van der Waals surface area contributed by atoms with E-state index in [2.05, 4.69) is 47.1 Å². The molecular weight excluding hydrogens is 264 g/mol. The molecular formula is C14H15BrO. The van der Waals surface area contributed by atoms with Crippen LogP contribution in [0.15, 0.2) is 41.0 Å². The van der Waals surface area contributed by atoms with Gasteiger partial charge in [0, 0.05) is 5.56 Å². The van der Waals surface area contributed by atoms with Crippen molar-refractivity contribution in [1.29, 1.82) is 0 Å². The Balaban J connectivity index is 2.27. The molecule has 2 heteroatoms. The van der Waals surface area contributed by atoms with Crippen LogP contribution in [0.2, 0.25) is 0 Å². The number of hydrogen-bond acceptors (Lipinski definition) is 1. The molecule has 2 aromatic rings. The molecule has 1 aromatic heterocycles. The van der Waals surface area contributed by atoms with Gasteiger partial charge in [-0.05, 0) is 30.5 Å². The molecule has 1 aromatic carbocycles. The van der Waals surface area contributed by atoms with Gasteiger partial charge in [0.15, 0.2) is 0 Å². The van der Waals surface area contributed by atoms with Crippen molar-refractivity contribution in [2.24, 2.45) is 0 Å². The Morgan fingerprint density at radius 1 is 1.19 bits per heavy atom. The molecule has 0 spiro atoms. The molecule has 1 atom stereocenters. The van der Waals surface area contributed by atoms with Gasteiger partial charge in [-0.15, -0.1) is 0 Å². The first-order valence-corrected chi connectivity index (χ1v) is 6.41. The Labute approximate surface area is 105 Å². The fourth-order valence-corrected chi connectivity index (χ4v) is 2.54. The van der Waals surface area contributed by atoms with E-state index in [9.17, 15) is 0 Å². The van der Waals surface area contributed by atoms with Gasteiger partial charge in [0.05, 0.1) is 11.1 Å². The van der Waals surface area contributed by atoms with Gasteiger partial charge in [-0.1, -0.05) is 47.1 Å². The van der Waals surface area contributed by atoms with Crippen molar-refractivity contribution in [3.8, 4) is 0 Å². The lowest BCUT2D eigenvalue weighted by Gasteiger charge is -2.09. The first-order chi connectivity index (χ1) is 7.72. The molecule has 0 aliphatic heterocycles. The minimum absolute atomic E-state index is 0.220. The SMILES string of the molecule is CCc1ccc(C(Br)c2ccoc2C)cc1. The number of benzene rings is 1. The summed E-state index contributed by atoms with van der Waals surface area (Å²) in [4.78, 5) is 0.220. The zero-order valence-corrected chi connectivity index (χ0v) is 11.1. The summed E-state index contributed by atoms with van der Waals surface area (Å²) in [6.45, 7) is 4.16. The number of furan rings is 1. The molecule has 0 saturated carbocycles. The maximum atomic E-state index is 5.32. The van der Waals surface area contributed by atoms with Crippen molar-refractivity contribution in [1.82, 2.24) is 0 Å². The van der Waals surface area contributed by atoms with Crippen molar-refractivity contribution in [3.63, 3.8) is 0 Å². The Hall–Kier alpha value is -1.02. The van der Waals surface area contributed by atoms with Gasteiger partial charge < -0.3 is 4.42 Å². The second-order valence-corrected chi connectivity index (χ2v) is 4.81. The van der Waals surface area contributed by atoms with E-state index >= 15 is 0 Å². The van der Waals surface area contributed by atoms with E-state index in [0.29, 0.717) is 0 Å². The van der Waals surface area contributed by atoms with Crippen LogP contribution in [0, 0.1) is 6.92 Å². The van der Waals surface area contributed by atoms with Crippen LogP contribution in [-0.4, -0.2) is 0 Å². The second kappa shape index (κ2) is 4.88. The van der Waals surface area contributed by atoms with Crippen molar-refractivity contribution >= 4 is 15.9 Å². The number of halogens is 1. The van der Waals surface area contributed by atoms with Crippen molar-refractivity contribution < 1.29 is 4.42 Å². The number of hydrogen-bond donors (Lipinski definition) is 0. The Bertz CT molecular complexity index is 456. The summed E-state index contributed by atoms with van der Waals surface area (Å²) in [5, 5.41) is 0. The highest BCUT2D eigenvalue weighted by atomic mass is 79.9. The van der Waals surface area contributed by atoms with Crippen LogP contribution >= 0.6 is 15.9 Å². The normalized spacial score (nSPS) is 12.7. The lowest BCUT2D eigenvalue weighted by molar-refractivity contribution is 0.530. The molecule has 0 bridgehead atoms. The summed E-state index contributed by atoms with van der Waals surface area (Å²) in [5.74, 6) is 0.974. The standard InChI is InChI=1S/C14H15BrO/c1-3-11-4-6-12(7-5-11)14(15)13-8-9-16-10(13)2/h4-9,14H,3H2,1-2H3. The topological polar surface area (TPSA) is 13.1 Å². The molecule has 0 radical (unpaired) electrons. The molecule has 16 heavy (non-hydrogen) atoms. The van der Waals surface area contributed by atoms with Gasteiger partial charge in [-0.3, -0.25) is 0 Å². The average molecular weight is 279 g/mol. The Morgan fingerprint density at radius 2 is 1.88 bits per heavy atom. The van der Waals surface area contributed by atoms with Crippen LogP contribution < -0.4 is 0 Å². The van der Waals surface area contributed by atoms with Crippen molar-refractivity contribution in [2.75, 3.05) is 0 Å². The number of aryl methyl sites for hydroxylation is 2. The summed E-state index contributed by atoms with van der Waals surface area (Å²) in [6.07, 6.45) is 2.82. The van der Waals surface area contributed by atoms with Gasteiger partial charge in [0.2, 0.25) is 0 Å². The molecule has 0 aliphatic rings. The summed E-state index contributed by atoms with van der Waals surface area (Å²) in [6, 6.07) is 10.7. The first-order valence-electron chi connectivity index (χ1n) is 5.49. The van der Waals surface area contributed by atoms with Crippen LogP contribution in [0.25, 0.3) is 0 Å². The molecule has 2 rings (SSSR count). The maximum Gasteiger partial charge on any atom is 0.105 e. The van der Waals surface area contributed by atoms with Gasteiger partial charge in [0.25, 0.3) is 0 Å². The molecule has 84 valence electrons. The van der Waals surface area contributed by atoms with Crippen molar-refractivity contribution in [2.45, 2.75) is 25.1 Å². The number of rotatable bonds is 3. The van der Waals surface area contributed by atoms with Crippen LogP contribution in [0.3, 0.4) is 0 Å². The van der Waals surface area contributed by atoms with Crippen LogP contribution in [0.1, 0.15) is 34.2 Å². The fourth-order valence-electron chi connectivity index (χ4n) is 1.76. The zero-order chi connectivity index (χ0) is 11.5. The van der Waals surface area contributed by atoms with Crippen LogP contribution in [0.4, 0.5) is 0 Å². The highest BCUT2D eigenvalue weighted by Crippen LogP contribution is 2.33. The highest BCUT2D eigenvalue weighted by molar-refractivity contribution is 9.09. The largest absolute Gasteiger partial charge is 0.469 e. The lowest BCUT2D eigenvalue weighted by atomic mass is 10.0. The van der Waals surface area contributed by atoms with Crippen LogP contribution in [-0.2, 0) is 6.42 Å². The monoisotopic (exact) mass is 278 g/mol. The molecule has 0 N–H and O–H groups in total. The second-order valence-electron chi connectivity index (χ2n) is 3.89. The van der Waals surface area contributed by atoms with Gasteiger partial charge in [-0.2, -0.15) is 0 Å². The smallest absolute Gasteiger partial charge is 0.105 e. The quantitative estimate of drug-likeness (QED) is 0.746. The van der Waals surface area contributed by atoms with E-state index in [0.717, 1.165) is 12.2 Å². The predicted molar refractivity (Wildman–Crippen MR) is 70.0 cm³/mol. The molecule has 0 amide bonds. The third kappa shape index (κ3) is 2.22. The van der Waals surface area contributed by atoms with E-state index in [-0.39, 0.29) is 4.83 Å².